The van der Waals surface area contributed by atoms with Crippen LogP contribution >= 0.6 is 0 Å². The molecule has 1 aliphatic heterocycles. The molecule has 0 radical (unpaired) electrons. The Morgan fingerprint density at radius 1 is 1.04 bits per heavy atom. The van der Waals surface area contributed by atoms with Crippen LogP contribution in [-0.4, -0.2) is 21.1 Å². The number of fused-ring (bicyclic) bond motifs is 7. The van der Waals surface area contributed by atoms with E-state index in [0.717, 1.165) is 61.8 Å². The van der Waals surface area contributed by atoms with E-state index in [9.17, 15) is 4.79 Å². The number of rotatable bonds is 0. The molecule has 25 heavy (non-hydrogen) atoms. The number of H-pyrrole nitrogens is 2. The lowest BCUT2D eigenvalue weighted by Crippen LogP contribution is -2.30. The standard InChI is InChI=1S/C20H20N4O/c25-19-20(6-1-2-7-20)14-9-15-13(8-16(14)23-19)12-5-3-4-11-10-21-24-17(11)18(12)22-15/h8-10,22H,1-7H2,(H,21,24)(H,23,25). The summed E-state index contributed by atoms with van der Waals surface area (Å²) in [6.07, 6.45) is 9.41. The number of hydrogen-bond donors (Lipinski definition) is 3. The van der Waals surface area contributed by atoms with Gasteiger partial charge in [-0.3, -0.25) is 9.89 Å². The number of nitrogens with zero attached hydrogens (tertiary/aromatic N) is 1. The Morgan fingerprint density at radius 3 is 2.80 bits per heavy atom. The van der Waals surface area contributed by atoms with Gasteiger partial charge in [0.1, 0.15) is 0 Å². The van der Waals surface area contributed by atoms with E-state index in [-0.39, 0.29) is 11.3 Å². The number of hydrogen-bond acceptors (Lipinski definition) is 2. The lowest BCUT2D eigenvalue weighted by Gasteiger charge is -2.20. The minimum absolute atomic E-state index is 0.203. The number of anilines is 1. The Hall–Kier alpha value is -2.56. The van der Waals surface area contributed by atoms with E-state index in [4.69, 9.17) is 0 Å². The summed E-state index contributed by atoms with van der Waals surface area (Å²) in [6.45, 7) is 0. The van der Waals surface area contributed by atoms with Gasteiger partial charge in [-0.25, -0.2) is 0 Å². The minimum atomic E-state index is -0.287. The third-order valence-corrected chi connectivity index (χ3v) is 6.54. The molecule has 5 heteroatoms. The number of nitrogens with one attached hydrogen (secondary N) is 3. The first kappa shape index (κ1) is 13.7. The maximum absolute atomic E-state index is 12.7. The van der Waals surface area contributed by atoms with Crippen molar-refractivity contribution in [2.24, 2.45) is 0 Å². The van der Waals surface area contributed by atoms with Crippen LogP contribution in [0.5, 0.6) is 0 Å². The lowest BCUT2D eigenvalue weighted by atomic mass is 9.80. The molecule has 2 aromatic heterocycles. The highest BCUT2D eigenvalue weighted by atomic mass is 16.2. The predicted molar refractivity (Wildman–Crippen MR) is 96.7 cm³/mol. The topological polar surface area (TPSA) is 73.6 Å². The van der Waals surface area contributed by atoms with Crippen LogP contribution in [0.4, 0.5) is 5.69 Å². The zero-order chi connectivity index (χ0) is 16.6. The predicted octanol–water partition coefficient (Wildman–Crippen LogP) is 3.81. The van der Waals surface area contributed by atoms with Crippen molar-refractivity contribution in [2.45, 2.75) is 50.4 Å². The summed E-state index contributed by atoms with van der Waals surface area (Å²) >= 11 is 0. The Labute approximate surface area is 145 Å². The van der Waals surface area contributed by atoms with Crippen molar-refractivity contribution in [1.82, 2.24) is 15.2 Å². The van der Waals surface area contributed by atoms with E-state index in [1.165, 1.54) is 27.8 Å². The van der Waals surface area contributed by atoms with Crippen molar-refractivity contribution in [2.75, 3.05) is 5.32 Å². The normalized spacial score (nSPS) is 20.4. The van der Waals surface area contributed by atoms with Crippen molar-refractivity contribution < 1.29 is 4.79 Å². The van der Waals surface area contributed by atoms with Crippen LogP contribution in [0.25, 0.3) is 22.3 Å². The summed E-state index contributed by atoms with van der Waals surface area (Å²) < 4.78 is 0. The molecule has 0 saturated heterocycles. The van der Waals surface area contributed by atoms with E-state index in [0.29, 0.717) is 0 Å². The molecular weight excluding hydrogens is 312 g/mol. The summed E-state index contributed by atoms with van der Waals surface area (Å²) in [6, 6.07) is 4.44. The quantitative estimate of drug-likeness (QED) is 0.585. The molecule has 1 saturated carbocycles. The summed E-state index contributed by atoms with van der Waals surface area (Å²) in [4.78, 5) is 16.3. The zero-order valence-electron chi connectivity index (χ0n) is 14.0. The number of aromatic nitrogens is 3. The van der Waals surface area contributed by atoms with E-state index < -0.39 is 0 Å². The van der Waals surface area contributed by atoms with E-state index in [1.54, 1.807) is 0 Å². The third-order valence-electron chi connectivity index (χ3n) is 6.54. The number of carbonyl (C=O) groups is 1. The van der Waals surface area contributed by atoms with Gasteiger partial charge in [0.2, 0.25) is 5.91 Å². The molecule has 1 spiro atoms. The van der Waals surface area contributed by atoms with Crippen LogP contribution in [0.15, 0.2) is 18.3 Å². The second kappa shape index (κ2) is 4.54. The van der Waals surface area contributed by atoms with Gasteiger partial charge in [-0.1, -0.05) is 12.8 Å². The minimum Gasteiger partial charge on any atom is -0.353 e. The van der Waals surface area contributed by atoms with Gasteiger partial charge < -0.3 is 10.3 Å². The van der Waals surface area contributed by atoms with Crippen molar-refractivity contribution in [3.05, 3.63) is 35.0 Å². The van der Waals surface area contributed by atoms with Crippen molar-refractivity contribution >= 4 is 22.5 Å². The zero-order valence-corrected chi connectivity index (χ0v) is 14.0. The number of amides is 1. The molecule has 1 aromatic carbocycles. The number of aryl methyl sites for hydroxylation is 2. The van der Waals surface area contributed by atoms with Crippen LogP contribution in [0.1, 0.15) is 48.8 Å². The summed E-state index contributed by atoms with van der Waals surface area (Å²) in [7, 11) is 0. The summed E-state index contributed by atoms with van der Waals surface area (Å²) in [5.41, 5.74) is 8.03. The summed E-state index contributed by atoms with van der Waals surface area (Å²) in [5.74, 6) is 0.203. The number of benzene rings is 1. The fourth-order valence-corrected chi connectivity index (χ4v) is 5.28. The Bertz CT molecular complexity index is 1040. The Morgan fingerprint density at radius 2 is 1.92 bits per heavy atom. The maximum Gasteiger partial charge on any atom is 0.235 e. The second-order valence-corrected chi connectivity index (χ2v) is 7.79. The van der Waals surface area contributed by atoms with Gasteiger partial charge in [0.05, 0.1) is 23.0 Å². The third kappa shape index (κ3) is 1.63. The van der Waals surface area contributed by atoms with Gasteiger partial charge in [-0.05, 0) is 60.9 Å². The van der Waals surface area contributed by atoms with Crippen molar-refractivity contribution in [1.29, 1.82) is 0 Å². The molecule has 3 N–H and O–H groups in total. The smallest absolute Gasteiger partial charge is 0.235 e. The summed E-state index contributed by atoms with van der Waals surface area (Å²) in [5, 5.41) is 11.8. The van der Waals surface area contributed by atoms with E-state index in [1.807, 2.05) is 6.20 Å². The largest absolute Gasteiger partial charge is 0.353 e. The van der Waals surface area contributed by atoms with Gasteiger partial charge in [-0.15, -0.1) is 0 Å². The highest BCUT2D eigenvalue weighted by Crippen LogP contribution is 2.50. The number of aromatic amines is 2. The molecule has 1 fully saturated rings. The Kier molecular flexibility index (Phi) is 2.49. The van der Waals surface area contributed by atoms with Crippen LogP contribution in [-0.2, 0) is 23.1 Å². The SMILES string of the molecule is O=C1Nc2cc3c4c([nH]c3cc2C12CCCC2)-c1[nH]ncc1CCC4. The molecule has 6 rings (SSSR count). The van der Waals surface area contributed by atoms with Crippen LogP contribution in [0.3, 0.4) is 0 Å². The molecule has 5 nitrogen and oxygen atoms in total. The molecule has 0 bridgehead atoms. The first-order valence-corrected chi connectivity index (χ1v) is 9.29. The van der Waals surface area contributed by atoms with Gasteiger partial charge in [0.15, 0.2) is 0 Å². The maximum atomic E-state index is 12.7. The van der Waals surface area contributed by atoms with Gasteiger partial charge >= 0.3 is 0 Å². The van der Waals surface area contributed by atoms with Crippen LogP contribution in [0.2, 0.25) is 0 Å². The fraction of sp³-hybridized carbons (Fsp3) is 0.400. The molecule has 2 aliphatic carbocycles. The molecule has 0 atom stereocenters. The molecule has 3 heterocycles. The van der Waals surface area contributed by atoms with Crippen LogP contribution < -0.4 is 5.32 Å². The van der Waals surface area contributed by atoms with Crippen molar-refractivity contribution in [3.63, 3.8) is 0 Å². The molecule has 3 aliphatic rings. The molecule has 3 aromatic rings. The van der Waals surface area contributed by atoms with E-state index in [2.05, 4.69) is 32.6 Å². The molecular formula is C20H20N4O. The molecule has 1 amide bonds. The van der Waals surface area contributed by atoms with Gasteiger partial charge in [-0.2, -0.15) is 5.10 Å². The molecule has 126 valence electrons. The average Bonchev–Trinajstić information content (AvgIpc) is 3.35. The monoisotopic (exact) mass is 332 g/mol. The van der Waals surface area contributed by atoms with E-state index >= 15 is 0 Å². The van der Waals surface area contributed by atoms with Gasteiger partial charge in [0.25, 0.3) is 0 Å². The average molecular weight is 332 g/mol. The fourth-order valence-electron chi connectivity index (χ4n) is 5.28. The highest BCUT2D eigenvalue weighted by Gasteiger charge is 2.48. The highest BCUT2D eigenvalue weighted by molar-refractivity contribution is 6.09. The van der Waals surface area contributed by atoms with Gasteiger partial charge in [0, 0.05) is 16.6 Å². The lowest BCUT2D eigenvalue weighted by molar-refractivity contribution is -0.120. The van der Waals surface area contributed by atoms with Crippen molar-refractivity contribution in [3.8, 4) is 11.4 Å². The Balaban J connectivity index is 1.61. The first-order valence-electron chi connectivity index (χ1n) is 9.29. The van der Waals surface area contributed by atoms with Crippen LogP contribution in [0, 0.1) is 0 Å². The molecule has 0 unspecified atom stereocenters. The number of carbonyl (C=O) groups excluding carboxylic acids is 1. The second-order valence-electron chi connectivity index (χ2n) is 7.79. The first-order chi connectivity index (χ1) is 12.3.